The molecule has 0 bridgehead atoms. The first kappa shape index (κ1) is 20.5. The Hall–Kier alpha value is -0.810. The lowest BCUT2D eigenvalue weighted by molar-refractivity contribution is -0.130. The van der Waals surface area contributed by atoms with Crippen LogP contribution in [0.1, 0.15) is 40.5 Å². The summed E-state index contributed by atoms with van der Waals surface area (Å²) in [4.78, 5) is 23.6. The smallest absolute Gasteiger partial charge is 0.242 e. The minimum atomic E-state index is -0.464. The third-order valence-corrected chi connectivity index (χ3v) is 2.54. The average molecular weight is 294 g/mol. The SMILES string of the molecule is CC(C)CC(=O)NC(C(=O)NCCCN)C(C)C.Cl. The summed E-state index contributed by atoms with van der Waals surface area (Å²) >= 11 is 0. The predicted molar refractivity (Wildman–Crippen MR) is 80.2 cm³/mol. The van der Waals surface area contributed by atoms with Crippen molar-refractivity contribution in [3.8, 4) is 0 Å². The maximum Gasteiger partial charge on any atom is 0.242 e. The second-order valence-corrected chi connectivity index (χ2v) is 5.32. The van der Waals surface area contributed by atoms with E-state index < -0.39 is 6.04 Å². The Morgan fingerprint density at radius 3 is 2.16 bits per heavy atom. The van der Waals surface area contributed by atoms with Crippen LogP contribution in [0.5, 0.6) is 0 Å². The molecular formula is C13H28ClN3O2. The number of hydrogen-bond donors (Lipinski definition) is 3. The molecule has 0 aliphatic carbocycles. The van der Waals surface area contributed by atoms with Gasteiger partial charge in [-0.15, -0.1) is 12.4 Å². The number of nitrogens with one attached hydrogen (secondary N) is 2. The quantitative estimate of drug-likeness (QED) is 0.585. The molecule has 0 radical (unpaired) electrons. The Balaban J connectivity index is 0. The second-order valence-electron chi connectivity index (χ2n) is 5.32. The zero-order valence-corrected chi connectivity index (χ0v) is 13.2. The predicted octanol–water partition coefficient (Wildman–Crippen LogP) is 1.06. The molecule has 0 aromatic heterocycles. The summed E-state index contributed by atoms with van der Waals surface area (Å²) in [6.45, 7) is 8.90. The van der Waals surface area contributed by atoms with Gasteiger partial charge >= 0.3 is 0 Å². The molecule has 1 unspecified atom stereocenters. The zero-order chi connectivity index (χ0) is 14.1. The Morgan fingerprint density at radius 2 is 1.74 bits per heavy atom. The average Bonchev–Trinajstić information content (AvgIpc) is 2.24. The molecule has 0 rings (SSSR count). The van der Waals surface area contributed by atoms with E-state index in [1.807, 2.05) is 27.7 Å². The van der Waals surface area contributed by atoms with E-state index >= 15 is 0 Å². The molecule has 0 saturated heterocycles. The highest BCUT2D eigenvalue weighted by Gasteiger charge is 2.23. The molecule has 0 aliphatic rings. The van der Waals surface area contributed by atoms with Gasteiger partial charge < -0.3 is 16.4 Å². The number of carbonyl (C=O) groups is 2. The third-order valence-electron chi connectivity index (χ3n) is 2.54. The van der Waals surface area contributed by atoms with Crippen LogP contribution in [-0.2, 0) is 9.59 Å². The van der Waals surface area contributed by atoms with Gasteiger partial charge in [0.25, 0.3) is 0 Å². The monoisotopic (exact) mass is 293 g/mol. The summed E-state index contributed by atoms with van der Waals surface area (Å²) in [5.41, 5.74) is 5.37. The fraction of sp³-hybridized carbons (Fsp3) is 0.846. The Labute approximate surface area is 122 Å². The molecule has 0 spiro atoms. The van der Waals surface area contributed by atoms with Crippen LogP contribution < -0.4 is 16.4 Å². The van der Waals surface area contributed by atoms with Crippen molar-refractivity contribution in [3.63, 3.8) is 0 Å². The summed E-state index contributed by atoms with van der Waals surface area (Å²) in [5.74, 6) is 0.158. The summed E-state index contributed by atoms with van der Waals surface area (Å²) in [6.07, 6.45) is 1.19. The van der Waals surface area contributed by atoms with Crippen molar-refractivity contribution in [1.82, 2.24) is 10.6 Å². The molecular weight excluding hydrogens is 266 g/mol. The molecule has 1 atom stereocenters. The van der Waals surface area contributed by atoms with Crippen molar-refractivity contribution in [1.29, 1.82) is 0 Å². The van der Waals surface area contributed by atoms with Gasteiger partial charge in [0, 0.05) is 13.0 Å². The summed E-state index contributed by atoms with van der Waals surface area (Å²) in [7, 11) is 0. The number of hydrogen-bond acceptors (Lipinski definition) is 3. The van der Waals surface area contributed by atoms with Crippen LogP contribution in [0.2, 0.25) is 0 Å². The molecule has 0 aliphatic heterocycles. The fourth-order valence-corrected chi connectivity index (χ4v) is 1.56. The second kappa shape index (κ2) is 11.1. The maximum atomic E-state index is 11.9. The lowest BCUT2D eigenvalue weighted by Gasteiger charge is -2.22. The molecule has 4 N–H and O–H groups in total. The highest BCUT2D eigenvalue weighted by atomic mass is 35.5. The minimum Gasteiger partial charge on any atom is -0.354 e. The summed E-state index contributed by atoms with van der Waals surface area (Å²) in [6, 6.07) is -0.464. The maximum absolute atomic E-state index is 11.9. The first-order valence-electron chi connectivity index (χ1n) is 6.65. The van der Waals surface area contributed by atoms with Crippen LogP contribution in [0.15, 0.2) is 0 Å². The molecule has 2 amide bonds. The van der Waals surface area contributed by atoms with Gasteiger partial charge in [-0.25, -0.2) is 0 Å². The largest absolute Gasteiger partial charge is 0.354 e. The van der Waals surface area contributed by atoms with Crippen LogP contribution >= 0.6 is 12.4 Å². The zero-order valence-electron chi connectivity index (χ0n) is 12.4. The van der Waals surface area contributed by atoms with Gasteiger partial charge in [-0.2, -0.15) is 0 Å². The van der Waals surface area contributed by atoms with Crippen molar-refractivity contribution in [2.75, 3.05) is 13.1 Å². The first-order valence-corrected chi connectivity index (χ1v) is 6.65. The lowest BCUT2D eigenvalue weighted by Crippen LogP contribution is -2.50. The van der Waals surface area contributed by atoms with Gasteiger partial charge in [0.15, 0.2) is 0 Å². The molecule has 0 aromatic carbocycles. The van der Waals surface area contributed by atoms with Gasteiger partial charge in [0.05, 0.1) is 0 Å². The fourth-order valence-electron chi connectivity index (χ4n) is 1.56. The van der Waals surface area contributed by atoms with Crippen LogP contribution in [0.3, 0.4) is 0 Å². The molecule has 0 saturated carbocycles. The normalized spacial score (nSPS) is 11.9. The number of nitrogens with two attached hydrogens (primary N) is 1. The van der Waals surface area contributed by atoms with Crippen LogP contribution in [0, 0.1) is 11.8 Å². The van der Waals surface area contributed by atoms with Crippen molar-refractivity contribution in [2.45, 2.75) is 46.6 Å². The first-order chi connectivity index (χ1) is 8.38. The van der Waals surface area contributed by atoms with Crippen molar-refractivity contribution < 1.29 is 9.59 Å². The highest BCUT2D eigenvalue weighted by Crippen LogP contribution is 2.05. The lowest BCUT2D eigenvalue weighted by atomic mass is 10.0. The number of rotatable bonds is 8. The Kier molecular flexibility index (Phi) is 11.9. The molecule has 0 heterocycles. The van der Waals surface area contributed by atoms with E-state index in [1.54, 1.807) is 0 Å². The molecule has 19 heavy (non-hydrogen) atoms. The van der Waals surface area contributed by atoms with Gasteiger partial charge in [0.2, 0.25) is 11.8 Å². The number of amides is 2. The van der Waals surface area contributed by atoms with Gasteiger partial charge in [-0.3, -0.25) is 9.59 Å². The number of halogens is 1. The molecule has 0 fully saturated rings. The topological polar surface area (TPSA) is 84.2 Å². The van der Waals surface area contributed by atoms with Crippen molar-refractivity contribution in [2.24, 2.45) is 17.6 Å². The third kappa shape index (κ3) is 9.73. The van der Waals surface area contributed by atoms with E-state index in [0.717, 1.165) is 6.42 Å². The van der Waals surface area contributed by atoms with E-state index in [1.165, 1.54) is 0 Å². The van der Waals surface area contributed by atoms with Gasteiger partial charge in [-0.1, -0.05) is 27.7 Å². The van der Waals surface area contributed by atoms with Crippen LogP contribution in [0.25, 0.3) is 0 Å². The highest BCUT2D eigenvalue weighted by molar-refractivity contribution is 5.87. The Morgan fingerprint density at radius 1 is 1.16 bits per heavy atom. The summed E-state index contributed by atoms with van der Waals surface area (Å²) < 4.78 is 0. The molecule has 6 heteroatoms. The van der Waals surface area contributed by atoms with E-state index in [-0.39, 0.29) is 36.1 Å². The van der Waals surface area contributed by atoms with E-state index in [9.17, 15) is 9.59 Å². The number of carbonyl (C=O) groups excluding carboxylic acids is 2. The molecule has 0 aromatic rings. The molecule has 114 valence electrons. The Bertz CT molecular complexity index is 271. The minimum absolute atomic E-state index is 0. The van der Waals surface area contributed by atoms with Crippen molar-refractivity contribution >= 4 is 24.2 Å². The standard InChI is InChI=1S/C13H27N3O2.ClH/c1-9(2)8-11(17)16-12(10(3)4)13(18)15-7-5-6-14;/h9-10,12H,5-8,14H2,1-4H3,(H,15,18)(H,16,17);1H. The molecule has 5 nitrogen and oxygen atoms in total. The van der Waals surface area contributed by atoms with E-state index in [4.69, 9.17) is 5.73 Å². The van der Waals surface area contributed by atoms with Gasteiger partial charge in [-0.05, 0) is 24.8 Å². The van der Waals surface area contributed by atoms with Crippen LogP contribution in [-0.4, -0.2) is 30.9 Å². The van der Waals surface area contributed by atoms with Crippen molar-refractivity contribution in [3.05, 3.63) is 0 Å². The van der Waals surface area contributed by atoms with E-state index in [0.29, 0.717) is 19.5 Å². The van der Waals surface area contributed by atoms with E-state index in [2.05, 4.69) is 10.6 Å². The summed E-state index contributed by atoms with van der Waals surface area (Å²) in [5, 5.41) is 5.58. The van der Waals surface area contributed by atoms with Gasteiger partial charge in [0.1, 0.15) is 6.04 Å². The van der Waals surface area contributed by atoms with Crippen LogP contribution in [0.4, 0.5) is 0 Å².